The molecule has 0 unspecified atom stereocenters. The summed E-state index contributed by atoms with van der Waals surface area (Å²) in [4.78, 5) is 12.2. The first-order valence-corrected chi connectivity index (χ1v) is 7.11. The van der Waals surface area contributed by atoms with Gasteiger partial charge in [0.2, 0.25) is 15.9 Å². The van der Waals surface area contributed by atoms with Gasteiger partial charge < -0.3 is 4.74 Å². The summed E-state index contributed by atoms with van der Waals surface area (Å²) < 4.78 is 30.2. The number of hydrogen-bond donors (Lipinski definition) is 0. The Morgan fingerprint density at radius 1 is 1.28 bits per heavy atom. The second-order valence-electron chi connectivity index (χ2n) is 4.88. The van der Waals surface area contributed by atoms with Gasteiger partial charge in [-0.25, -0.2) is 12.7 Å². The van der Waals surface area contributed by atoms with Gasteiger partial charge in [-0.2, -0.15) is 0 Å². The molecule has 0 aliphatic carbocycles. The van der Waals surface area contributed by atoms with Crippen LogP contribution in [0.2, 0.25) is 0 Å². The van der Waals surface area contributed by atoms with Crippen LogP contribution in [0.4, 0.5) is 5.69 Å². The molecule has 1 fully saturated rings. The molecule has 0 bridgehead atoms. The predicted molar refractivity (Wildman–Crippen MR) is 68.0 cm³/mol. The minimum atomic E-state index is -3.63. The van der Waals surface area contributed by atoms with Crippen molar-refractivity contribution in [2.75, 3.05) is 17.2 Å². The van der Waals surface area contributed by atoms with Gasteiger partial charge in [0.25, 0.3) is 0 Å². The first kappa shape index (κ1) is 12.9. The number of rotatable bonds is 2. The summed E-state index contributed by atoms with van der Waals surface area (Å²) in [5, 5.41) is 0. The van der Waals surface area contributed by atoms with Crippen LogP contribution in [0.25, 0.3) is 0 Å². The zero-order valence-corrected chi connectivity index (χ0v) is 11.3. The molecule has 5 nitrogen and oxygen atoms in total. The molecule has 0 aromatic heterocycles. The lowest BCUT2D eigenvalue weighted by atomic mass is 9.95. The fourth-order valence-corrected chi connectivity index (χ4v) is 4.16. The van der Waals surface area contributed by atoms with Crippen LogP contribution in [0.1, 0.15) is 13.8 Å². The molecule has 1 aromatic rings. The van der Waals surface area contributed by atoms with Gasteiger partial charge in [-0.1, -0.05) is 12.1 Å². The number of ether oxygens (including phenoxy) is 1. The van der Waals surface area contributed by atoms with E-state index in [1.54, 1.807) is 38.1 Å². The van der Waals surface area contributed by atoms with E-state index in [1.807, 2.05) is 0 Å². The molecule has 0 atom stereocenters. The van der Waals surface area contributed by atoms with E-state index >= 15 is 0 Å². The molecule has 98 valence electrons. The minimum absolute atomic E-state index is 0.184. The topological polar surface area (TPSA) is 63.7 Å². The number of sulfonamides is 1. The monoisotopic (exact) mass is 269 g/mol. The van der Waals surface area contributed by atoms with Gasteiger partial charge in [0, 0.05) is 0 Å². The Labute approximate surface area is 106 Å². The summed E-state index contributed by atoms with van der Waals surface area (Å²) in [6, 6.07) is 6.59. The smallest absolute Gasteiger partial charge is 0.247 e. The Kier molecular flexibility index (Phi) is 2.85. The normalized spacial score (nSPS) is 21.1. The van der Waals surface area contributed by atoms with Crippen molar-refractivity contribution in [3.63, 3.8) is 0 Å². The highest BCUT2D eigenvalue weighted by molar-refractivity contribution is 7.94. The van der Waals surface area contributed by atoms with Gasteiger partial charge in [0.15, 0.2) is 0 Å². The molecule has 1 amide bonds. The molecule has 6 heteroatoms. The van der Waals surface area contributed by atoms with Gasteiger partial charge in [0.1, 0.15) is 11.4 Å². The molecule has 0 N–H and O–H groups in total. The second-order valence-corrected chi connectivity index (χ2v) is 6.70. The summed E-state index contributed by atoms with van der Waals surface area (Å²) in [5.74, 6) is -0.240. The highest BCUT2D eigenvalue weighted by atomic mass is 32.2. The molecule has 1 aromatic carbocycles. The van der Waals surface area contributed by atoms with Crippen molar-refractivity contribution in [3.8, 4) is 5.75 Å². The maximum Gasteiger partial charge on any atom is 0.247 e. The van der Waals surface area contributed by atoms with Gasteiger partial charge in [0.05, 0.1) is 18.3 Å². The number of nitrogens with zero attached hydrogens (tertiary/aromatic N) is 1. The van der Waals surface area contributed by atoms with Crippen molar-refractivity contribution < 1.29 is 17.9 Å². The lowest BCUT2D eigenvalue weighted by Crippen LogP contribution is -2.33. The van der Waals surface area contributed by atoms with Crippen LogP contribution in [-0.4, -0.2) is 27.2 Å². The van der Waals surface area contributed by atoms with Gasteiger partial charge in [-0.3, -0.25) is 4.79 Å². The van der Waals surface area contributed by atoms with Crippen molar-refractivity contribution in [2.24, 2.45) is 5.41 Å². The summed E-state index contributed by atoms with van der Waals surface area (Å²) in [5.41, 5.74) is -0.629. The zero-order chi connectivity index (χ0) is 13.6. The first-order valence-electron chi connectivity index (χ1n) is 5.50. The van der Waals surface area contributed by atoms with Crippen molar-refractivity contribution in [2.45, 2.75) is 13.8 Å². The number of methoxy groups -OCH3 is 1. The third-order valence-corrected chi connectivity index (χ3v) is 4.89. The fourth-order valence-electron chi connectivity index (χ4n) is 2.04. The van der Waals surface area contributed by atoms with E-state index in [1.165, 1.54) is 7.11 Å². The molecule has 1 aliphatic rings. The van der Waals surface area contributed by atoms with Crippen LogP contribution in [0, 0.1) is 5.41 Å². The molecule has 0 radical (unpaired) electrons. The molecule has 0 saturated carbocycles. The molecular formula is C12H15NO4S. The molecule has 0 spiro atoms. The van der Waals surface area contributed by atoms with Gasteiger partial charge in [-0.05, 0) is 26.0 Å². The van der Waals surface area contributed by atoms with Crippen LogP contribution in [0.3, 0.4) is 0 Å². The second kappa shape index (κ2) is 3.98. The van der Waals surface area contributed by atoms with Crippen LogP contribution >= 0.6 is 0 Å². The molecule has 18 heavy (non-hydrogen) atoms. The molecular weight excluding hydrogens is 254 g/mol. The number of carbonyl (C=O) groups excluding carboxylic acids is 1. The van der Waals surface area contributed by atoms with Crippen LogP contribution in [0.15, 0.2) is 24.3 Å². The van der Waals surface area contributed by atoms with E-state index < -0.39 is 21.3 Å². The Balaban J connectivity index is 2.60. The summed E-state index contributed by atoms with van der Waals surface area (Å²) >= 11 is 0. The third-order valence-electron chi connectivity index (χ3n) is 2.89. The molecule has 1 aliphatic heterocycles. The van der Waals surface area contributed by atoms with E-state index in [0.717, 1.165) is 4.31 Å². The van der Waals surface area contributed by atoms with E-state index in [0.29, 0.717) is 5.75 Å². The Hall–Kier alpha value is -1.56. The Morgan fingerprint density at radius 2 is 1.89 bits per heavy atom. The summed E-state index contributed by atoms with van der Waals surface area (Å²) in [7, 11) is -2.18. The van der Waals surface area contributed by atoms with E-state index in [-0.39, 0.29) is 11.4 Å². The average molecular weight is 269 g/mol. The van der Waals surface area contributed by atoms with Crippen LogP contribution in [0.5, 0.6) is 5.75 Å². The average Bonchev–Trinajstić information content (AvgIpc) is 2.43. The third kappa shape index (κ3) is 1.86. The standard InChI is InChI=1S/C12H15NO4S/c1-12(2)8-18(15,16)13(11(12)14)9-6-4-5-7-10(9)17-3/h4-7H,8H2,1-3H3. The maximum absolute atomic E-state index is 12.2. The van der Waals surface area contributed by atoms with E-state index in [2.05, 4.69) is 0 Å². The number of amides is 1. The summed E-state index contributed by atoms with van der Waals surface area (Å²) in [6.07, 6.45) is 0. The lowest BCUT2D eigenvalue weighted by Gasteiger charge is -2.19. The zero-order valence-electron chi connectivity index (χ0n) is 10.5. The van der Waals surface area contributed by atoms with Gasteiger partial charge >= 0.3 is 0 Å². The maximum atomic E-state index is 12.2. The molecule has 1 saturated heterocycles. The SMILES string of the molecule is COc1ccccc1N1C(=O)C(C)(C)CS1(=O)=O. The van der Waals surface area contributed by atoms with Crippen molar-refractivity contribution in [1.82, 2.24) is 0 Å². The number of carbonyl (C=O) groups is 1. The number of hydrogen-bond acceptors (Lipinski definition) is 4. The summed E-state index contributed by atoms with van der Waals surface area (Å²) in [6.45, 7) is 3.25. The van der Waals surface area contributed by atoms with Crippen molar-refractivity contribution in [1.29, 1.82) is 0 Å². The molecule has 1 heterocycles. The largest absolute Gasteiger partial charge is 0.495 e. The minimum Gasteiger partial charge on any atom is -0.495 e. The predicted octanol–water partition coefficient (Wildman–Crippen LogP) is 1.40. The Morgan fingerprint density at radius 3 is 2.39 bits per heavy atom. The number of benzene rings is 1. The van der Waals surface area contributed by atoms with E-state index in [9.17, 15) is 13.2 Å². The van der Waals surface area contributed by atoms with Crippen LogP contribution in [-0.2, 0) is 14.8 Å². The molecule has 2 rings (SSSR count). The highest BCUT2D eigenvalue weighted by Crippen LogP contribution is 2.39. The highest BCUT2D eigenvalue weighted by Gasteiger charge is 2.50. The first-order chi connectivity index (χ1) is 8.29. The fraction of sp³-hybridized carbons (Fsp3) is 0.417. The number of anilines is 1. The number of para-hydroxylation sites is 2. The van der Waals surface area contributed by atoms with Crippen molar-refractivity contribution >= 4 is 21.6 Å². The lowest BCUT2D eigenvalue weighted by molar-refractivity contribution is -0.123. The van der Waals surface area contributed by atoms with E-state index in [4.69, 9.17) is 4.74 Å². The van der Waals surface area contributed by atoms with Gasteiger partial charge in [-0.15, -0.1) is 0 Å². The Bertz CT molecular complexity index is 592. The quantitative estimate of drug-likeness (QED) is 0.814. The van der Waals surface area contributed by atoms with Crippen LogP contribution < -0.4 is 9.04 Å². The van der Waals surface area contributed by atoms with Crippen molar-refractivity contribution in [3.05, 3.63) is 24.3 Å².